The Kier molecular flexibility index (Phi) is 5.31. The first kappa shape index (κ1) is 13.8. The largest absolute Gasteiger partial charge is 0.301 e. The lowest BCUT2D eigenvalue weighted by molar-refractivity contribution is 0.0949. The van der Waals surface area contributed by atoms with Crippen LogP contribution < -0.4 is 0 Å². The van der Waals surface area contributed by atoms with Crippen LogP contribution in [-0.4, -0.2) is 54.4 Å². The Morgan fingerprint density at radius 3 is 2.12 bits per heavy atom. The summed E-state index contributed by atoms with van der Waals surface area (Å²) in [5, 5.41) is 1.20. The highest BCUT2D eigenvalue weighted by Crippen LogP contribution is 2.40. The third kappa shape index (κ3) is 3.68. The predicted octanol–water partition coefficient (Wildman–Crippen LogP) is 2.97. The monoisotopic (exact) mass is 302 g/mol. The van der Waals surface area contributed by atoms with E-state index in [4.69, 9.17) is 0 Å². The van der Waals surface area contributed by atoms with E-state index in [1.54, 1.807) is 0 Å². The summed E-state index contributed by atoms with van der Waals surface area (Å²) in [5.74, 6) is 0. The van der Waals surface area contributed by atoms with Gasteiger partial charge in [-0.15, -0.1) is 0 Å². The van der Waals surface area contributed by atoms with Gasteiger partial charge in [0.15, 0.2) is 0 Å². The molecule has 0 amide bonds. The molecule has 0 unspecified atom stereocenters. The molecular formula is C14H27BrN2. The lowest BCUT2D eigenvalue weighted by Crippen LogP contribution is -2.49. The van der Waals surface area contributed by atoms with Crippen molar-refractivity contribution in [2.75, 3.05) is 44.6 Å². The summed E-state index contributed by atoms with van der Waals surface area (Å²) in [6, 6.07) is 0. The summed E-state index contributed by atoms with van der Waals surface area (Å²) in [7, 11) is 0. The number of rotatable bonds is 5. The van der Waals surface area contributed by atoms with E-state index in [0.717, 1.165) is 0 Å². The zero-order valence-electron chi connectivity index (χ0n) is 11.3. The second kappa shape index (κ2) is 6.53. The standard InChI is InChI=1S/C14H27BrN2/c1-2-7-16-8-10-17(11-9-16)13-14(12-15)5-3-4-6-14/h2-13H2,1H3. The third-order valence-corrected chi connectivity index (χ3v) is 5.70. The van der Waals surface area contributed by atoms with E-state index < -0.39 is 0 Å². The molecule has 2 aliphatic rings. The molecule has 1 aliphatic carbocycles. The number of halogens is 1. The fourth-order valence-corrected chi connectivity index (χ4v) is 4.16. The van der Waals surface area contributed by atoms with Crippen LogP contribution in [0.4, 0.5) is 0 Å². The topological polar surface area (TPSA) is 6.48 Å². The molecule has 2 fully saturated rings. The molecule has 2 nitrogen and oxygen atoms in total. The first-order chi connectivity index (χ1) is 8.28. The lowest BCUT2D eigenvalue weighted by Gasteiger charge is -2.39. The van der Waals surface area contributed by atoms with Gasteiger partial charge in [0.05, 0.1) is 0 Å². The Labute approximate surface area is 115 Å². The number of hydrogen-bond donors (Lipinski definition) is 0. The Morgan fingerprint density at radius 1 is 1.00 bits per heavy atom. The molecule has 17 heavy (non-hydrogen) atoms. The maximum absolute atomic E-state index is 3.76. The summed E-state index contributed by atoms with van der Waals surface area (Å²) in [5.41, 5.74) is 0.604. The van der Waals surface area contributed by atoms with E-state index >= 15 is 0 Å². The minimum atomic E-state index is 0.604. The second-order valence-corrected chi connectivity index (χ2v) is 6.52. The minimum absolute atomic E-state index is 0.604. The van der Waals surface area contributed by atoms with Gasteiger partial charge in [-0.3, -0.25) is 0 Å². The lowest BCUT2D eigenvalue weighted by atomic mass is 9.88. The summed E-state index contributed by atoms with van der Waals surface area (Å²) in [6.07, 6.45) is 7.06. The average molecular weight is 303 g/mol. The molecule has 1 aliphatic heterocycles. The second-order valence-electron chi connectivity index (χ2n) is 5.96. The summed E-state index contributed by atoms with van der Waals surface area (Å²) in [4.78, 5) is 5.32. The van der Waals surface area contributed by atoms with E-state index in [1.165, 1.54) is 76.7 Å². The van der Waals surface area contributed by atoms with Gasteiger partial charge in [-0.2, -0.15) is 0 Å². The highest BCUT2D eigenvalue weighted by Gasteiger charge is 2.35. The van der Waals surface area contributed by atoms with Crippen molar-refractivity contribution >= 4 is 15.9 Å². The molecule has 0 aromatic heterocycles. The van der Waals surface area contributed by atoms with Gasteiger partial charge in [0.25, 0.3) is 0 Å². The van der Waals surface area contributed by atoms with Crippen LogP contribution in [0.25, 0.3) is 0 Å². The predicted molar refractivity (Wildman–Crippen MR) is 77.9 cm³/mol. The van der Waals surface area contributed by atoms with Crippen molar-refractivity contribution in [3.63, 3.8) is 0 Å². The Balaban J connectivity index is 1.77. The van der Waals surface area contributed by atoms with Gasteiger partial charge >= 0.3 is 0 Å². The fraction of sp³-hybridized carbons (Fsp3) is 1.00. The van der Waals surface area contributed by atoms with E-state index in [2.05, 4.69) is 32.7 Å². The molecular weight excluding hydrogens is 276 g/mol. The smallest absolute Gasteiger partial charge is 0.0110 e. The van der Waals surface area contributed by atoms with Gasteiger partial charge in [-0.25, -0.2) is 0 Å². The summed E-state index contributed by atoms with van der Waals surface area (Å²) in [6.45, 7) is 10.0. The first-order valence-electron chi connectivity index (χ1n) is 7.29. The van der Waals surface area contributed by atoms with Crippen molar-refractivity contribution in [3.8, 4) is 0 Å². The molecule has 0 N–H and O–H groups in total. The Bertz CT molecular complexity index is 218. The molecule has 0 aromatic rings. The van der Waals surface area contributed by atoms with Crippen molar-refractivity contribution in [3.05, 3.63) is 0 Å². The molecule has 3 heteroatoms. The molecule has 1 heterocycles. The number of hydrogen-bond acceptors (Lipinski definition) is 2. The zero-order valence-corrected chi connectivity index (χ0v) is 12.8. The highest BCUT2D eigenvalue weighted by molar-refractivity contribution is 9.09. The van der Waals surface area contributed by atoms with Gasteiger partial charge in [0, 0.05) is 38.1 Å². The van der Waals surface area contributed by atoms with Crippen molar-refractivity contribution in [2.45, 2.75) is 39.0 Å². The van der Waals surface area contributed by atoms with Crippen LogP contribution in [0.3, 0.4) is 0 Å². The molecule has 0 aromatic carbocycles. The normalized spacial score (nSPS) is 26.5. The quantitative estimate of drug-likeness (QED) is 0.721. The summed E-state index contributed by atoms with van der Waals surface area (Å²) >= 11 is 3.76. The maximum Gasteiger partial charge on any atom is 0.0110 e. The van der Waals surface area contributed by atoms with Crippen LogP contribution in [0.1, 0.15) is 39.0 Å². The van der Waals surface area contributed by atoms with E-state index in [9.17, 15) is 0 Å². The van der Waals surface area contributed by atoms with Gasteiger partial charge in [0.2, 0.25) is 0 Å². The van der Waals surface area contributed by atoms with Crippen LogP contribution >= 0.6 is 15.9 Å². The molecule has 0 atom stereocenters. The Morgan fingerprint density at radius 2 is 1.59 bits per heavy atom. The molecule has 1 saturated heterocycles. The highest BCUT2D eigenvalue weighted by atomic mass is 79.9. The molecule has 100 valence electrons. The van der Waals surface area contributed by atoms with Crippen LogP contribution in [0.5, 0.6) is 0 Å². The summed E-state index contributed by atoms with van der Waals surface area (Å²) < 4.78 is 0. The van der Waals surface area contributed by atoms with Gasteiger partial charge in [0.1, 0.15) is 0 Å². The van der Waals surface area contributed by atoms with Crippen LogP contribution in [0.2, 0.25) is 0 Å². The fourth-order valence-electron chi connectivity index (χ4n) is 3.42. The van der Waals surface area contributed by atoms with Crippen LogP contribution in [-0.2, 0) is 0 Å². The zero-order chi connectivity index (χ0) is 12.1. The number of piperazine rings is 1. The van der Waals surface area contributed by atoms with Crippen molar-refractivity contribution in [1.82, 2.24) is 9.80 Å². The van der Waals surface area contributed by atoms with Gasteiger partial charge < -0.3 is 9.80 Å². The van der Waals surface area contributed by atoms with Crippen molar-refractivity contribution in [2.24, 2.45) is 5.41 Å². The van der Waals surface area contributed by atoms with Gasteiger partial charge in [-0.05, 0) is 31.2 Å². The van der Waals surface area contributed by atoms with Crippen molar-refractivity contribution < 1.29 is 0 Å². The first-order valence-corrected chi connectivity index (χ1v) is 8.41. The van der Waals surface area contributed by atoms with E-state index in [-0.39, 0.29) is 0 Å². The molecule has 2 rings (SSSR count). The number of alkyl halides is 1. The molecule has 0 spiro atoms. The van der Waals surface area contributed by atoms with Crippen molar-refractivity contribution in [1.29, 1.82) is 0 Å². The average Bonchev–Trinajstić information content (AvgIpc) is 2.81. The van der Waals surface area contributed by atoms with Gasteiger partial charge in [-0.1, -0.05) is 35.7 Å². The van der Waals surface area contributed by atoms with E-state index in [0.29, 0.717) is 5.41 Å². The number of nitrogens with zero attached hydrogens (tertiary/aromatic N) is 2. The van der Waals surface area contributed by atoms with Crippen LogP contribution in [0.15, 0.2) is 0 Å². The van der Waals surface area contributed by atoms with Crippen LogP contribution in [0, 0.1) is 5.41 Å². The third-order valence-electron chi connectivity index (χ3n) is 4.51. The molecule has 0 radical (unpaired) electrons. The van der Waals surface area contributed by atoms with E-state index in [1.807, 2.05) is 0 Å². The Hall–Kier alpha value is 0.400. The minimum Gasteiger partial charge on any atom is -0.301 e. The molecule has 1 saturated carbocycles. The maximum atomic E-state index is 3.76. The molecule has 0 bridgehead atoms. The SMILES string of the molecule is CCCN1CCN(CC2(CBr)CCCC2)CC1.